The molecule has 0 amide bonds. The van der Waals surface area contributed by atoms with Crippen LogP contribution in [0.5, 0.6) is 5.75 Å². The number of rotatable bonds is 11. The van der Waals surface area contributed by atoms with Gasteiger partial charge in [0.05, 0.1) is 6.61 Å². The molecule has 0 heterocycles. The smallest absolute Gasteiger partial charge is 0.122 e. The number of unbranched alkanes of at least 4 members (excludes halogenated alkanes) is 6. The third kappa shape index (κ3) is 7.39. The molecule has 0 aliphatic rings. The van der Waals surface area contributed by atoms with Crippen molar-refractivity contribution in [1.82, 2.24) is 0 Å². The van der Waals surface area contributed by atoms with Gasteiger partial charge in [0, 0.05) is 10.0 Å². The Balaban J connectivity index is 2.37. The van der Waals surface area contributed by atoms with Gasteiger partial charge in [-0.15, -0.1) is 0 Å². The maximum absolute atomic E-state index is 8.75. The molecule has 120 valence electrons. The fourth-order valence-corrected chi connectivity index (χ4v) is 2.98. The van der Waals surface area contributed by atoms with Crippen molar-refractivity contribution in [2.24, 2.45) is 0 Å². The number of aliphatic hydroxyl groups excluding tert-OH is 1. The first-order chi connectivity index (χ1) is 10.2. The van der Waals surface area contributed by atoms with Crippen LogP contribution in [0.4, 0.5) is 0 Å². The molecule has 0 radical (unpaired) electrons. The summed E-state index contributed by atoms with van der Waals surface area (Å²) in [5.74, 6) is 0.613. The molecule has 0 saturated heterocycles. The van der Waals surface area contributed by atoms with Gasteiger partial charge in [0.25, 0.3) is 0 Å². The van der Waals surface area contributed by atoms with Crippen molar-refractivity contribution in [1.29, 1.82) is 0 Å². The van der Waals surface area contributed by atoms with E-state index in [1.165, 1.54) is 38.5 Å². The molecular weight excluding hydrogens is 307 g/mol. The van der Waals surface area contributed by atoms with E-state index in [4.69, 9.17) is 33.0 Å². The lowest BCUT2D eigenvalue weighted by Gasteiger charge is -2.11. The van der Waals surface area contributed by atoms with E-state index in [2.05, 4.69) is 6.92 Å². The van der Waals surface area contributed by atoms with Crippen molar-refractivity contribution in [3.8, 4) is 5.75 Å². The maximum atomic E-state index is 8.75. The van der Waals surface area contributed by atoms with Gasteiger partial charge in [-0.25, -0.2) is 0 Å². The monoisotopic (exact) mass is 332 g/mol. The fraction of sp³-hybridized carbons (Fsp3) is 0.647. The highest BCUT2D eigenvalue weighted by molar-refractivity contribution is 6.36. The molecule has 21 heavy (non-hydrogen) atoms. The fourth-order valence-electron chi connectivity index (χ4n) is 2.32. The van der Waals surface area contributed by atoms with Crippen LogP contribution in [0, 0.1) is 0 Å². The highest BCUT2D eigenvalue weighted by atomic mass is 35.5. The Hall–Kier alpha value is -0.440. The van der Waals surface area contributed by atoms with Crippen LogP contribution in [0.3, 0.4) is 0 Å². The molecule has 1 rings (SSSR count). The Bertz CT molecular complexity index is 385. The van der Waals surface area contributed by atoms with E-state index in [1.807, 2.05) is 0 Å². The summed E-state index contributed by atoms with van der Waals surface area (Å²) in [6.45, 7) is 2.47. The van der Waals surface area contributed by atoms with Gasteiger partial charge in [-0.2, -0.15) is 0 Å². The van der Waals surface area contributed by atoms with E-state index in [-0.39, 0.29) is 13.2 Å². The largest absolute Gasteiger partial charge is 0.491 e. The van der Waals surface area contributed by atoms with Gasteiger partial charge in [0.2, 0.25) is 0 Å². The first-order valence-electron chi connectivity index (χ1n) is 7.90. The van der Waals surface area contributed by atoms with E-state index in [9.17, 15) is 0 Å². The molecule has 0 aliphatic heterocycles. The van der Waals surface area contributed by atoms with Gasteiger partial charge < -0.3 is 9.84 Å². The number of ether oxygens (including phenoxy) is 1. The van der Waals surface area contributed by atoms with Crippen LogP contribution in [0.2, 0.25) is 10.0 Å². The Morgan fingerprint density at radius 3 is 2.10 bits per heavy atom. The lowest BCUT2D eigenvalue weighted by atomic mass is 10.0. The molecule has 0 saturated carbocycles. The SMILES string of the molecule is CCCCCCCCCc1c(Cl)cc(OCCO)cc1Cl. The lowest BCUT2D eigenvalue weighted by molar-refractivity contribution is 0.201. The third-order valence-electron chi connectivity index (χ3n) is 3.50. The first kappa shape index (κ1) is 18.6. The molecule has 0 aromatic heterocycles. The Labute approximate surface area is 138 Å². The van der Waals surface area contributed by atoms with Crippen LogP contribution in [-0.4, -0.2) is 18.3 Å². The minimum absolute atomic E-state index is 0.0188. The van der Waals surface area contributed by atoms with Gasteiger partial charge >= 0.3 is 0 Å². The summed E-state index contributed by atoms with van der Waals surface area (Å²) in [5.41, 5.74) is 1.00. The van der Waals surface area contributed by atoms with Gasteiger partial charge in [0.15, 0.2) is 0 Å². The molecule has 4 heteroatoms. The zero-order valence-electron chi connectivity index (χ0n) is 12.8. The summed E-state index contributed by atoms with van der Waals surface area (Å²) in [6.07, 6.45) is 9.82. The van der Waals surface area contributed by atoms with E-state index < -0.39 is 0 Å². The summed E-state index contributed by atoms with van der Waals surface area (Å²) < 4.78 is 5.33. The molecule has 0 atom stereocenters. The van der Waals surface area contributed by atoms with Gasteiger partial charge in [-0.05, 0) is 30.5 Å². The zero-order chi connectivity index (χ0) is 15.5. The van der Waals surface area contributed by atoms with E-state index in [1.54, 1.807) is 12.1 Å². The number of halogens is 2. The molecule has 2 nitrogen and oxygen atoms in total. The first-order valence-corrected chi connectivity index (χ1v) is 8.66. The zero-order valence-corrected chi connectivity index (χ0v) is 14.3. The quantitative estimate of drug-likeness (QED) is 0.530. The molecule has 1 aromatic carbocycles. The summed E-state index contributed by atoms with van der Waals surface area (Å²) >= 11 is 12.5. The molecule has 0 unspecified atom stereocenters. The normalized spacial score (nSPS) is 10.9. The van der Waals surface area contributed by atoms with E-state index >= 15 is 0 Å². The second-order valence-corrected chi connectivity index (χ2v) is 6.12. The van der Waals surface area contributed by atoms with Gasteiger partial charge in [0.1, 0.15) is 12.4 Å². The van der Waals surface area contributed by atoms with Crippen molar-refractivity contribution in [2.45, 2.75) is 58.3 Å². The van der Waals surface area contributed by atoms with Gasteiger partial charge in [-0.3, -0.25) is 0 Å². The molecule has 1 aromatic rings. The standard InChI is InChI=1S/C17H26Cl2O2/c1-2-3-4-5-6-7-8-9-15-16(18)12-14(13-17(15)19)21-11-10-20/h12-13,20H,2-11H2,1H3. The topological polar surface area (TPSA) is 29.5 Å². The summed E-state index contributed by atoms with van der Waals surface area (Å²) in [4.78, 5) is 0. The average molecular weight is 333 g/mol. The minimum atomic E-state index is -0.0188. The Morgan fingerprint density at radius 2 is 1.52 bits per heavy atom. The maximum Gasteiger partial charge on any atom is 0.122 e. The summed E-state index contributed by atoms with van der Waals surface area (Å²) in [5, 5.41) is 10.1. The molecular formula is C17H26Cl2O2. The van der Waals surface area contributed by atoms with Crippen LogP contribution < -0.4 is 4.74 Å². The predicted octanol–water partition coefficient (Wildman–Crippen LogP) is 5.66. The van der Waals surface area contributed by atoms with E-state index in [0.717, 1.165) is 18.4 Å². The van der Waals surface area contributed by atoms with Crippen LogP contribution in [0.1, 0.15) is 57.4 Å². The second-order valence-electron chi connectivity index (χ2n) is 5.31. The lowest BCUT2D eigenvalue weighted by Crippen LogP contribution is -2.02. The number of hydrogen-bond acceptors (Lipinski definition) is 2. The molecule has 0 aliphatic carbocycles. The van der Waals surface area contributed by atoms with Crippen molar-refractivity contribution >= 4 is 23.2 Å². The van der Waals surface area contributed by atoms with Crippen LogP contribution in [-0.2, 0) is 6.42 Å². The van der Waals surface area contributed by atoms with Gasteiger partial charge in [-0.1, -0.05) is 68.7 Å². The summed E-state index contributed by atoms with van der Waals surface area (Å²) in [7, 11) is 0. The average Bonchev–Trinajstić information content (AvgIpc) is 2.46. The van der Waals surface area contributed by atoms with Crippen molar-refractivity contribution in [2.75, 3.05) is 13.2 Å². The Morgan fingerprint density at radius 1 is 0.952 bits per heavy atom. The van der Waals surface area contributed by atoms with Crippen LogP contribution in [0.15, 0.2) is 12.1 Å². The number of aliphatic hydroxyl groups is 1. The summed E-state index contributed by atoms with van der Waals surface area (Å²) in [6, 6.07) is 3.55. The van der Waals surface area contributed by atoms with Crippen LogP contribution >= 0.6 is 23.2 Å². The van der Waals surface area contributed by atoms with Crippen molar-refractivity contribution in [3.63, 3.8) is 0 Å². The Kier molecular flexibility index (Phi) is 9.90. The second kappa shape index (κ2) is 11.2. The third-order valence-corrected chi connectivity index (χ3v) is 4.18. The highest BCUT2D eigenvalue weighted by Crippen LogP contribution is 2.31. The number of hydrogen-bond donors (Lipinski definition) is 1. The number of benzene rings is 1. The molecule has 0 bridgehead atoms. The van der Waals surface area contributed by atoms with Crippen molar-refractivity contribution in [3.05, 3.63) is 27.7 Å². The van der Waals surface area contributed by atoms with E-state index in [0.29, 0.717) is 15.8 Å². The molecule has 0 fully saturated rings. The highest BCUT2D eigenvalue weighted by Gasteiger charge is 2.09. The minimum Gasteiger partial charge on any atom is -0.491 e. The molecule has 0 spiro atoms. The molecule has 1 N–H and O–H groups in total. The van der Waals surface area contributed by atoms with Crippen LogP contribution in [0.25, 0.3) is 0 Å². The predicted molar refractivity (Wildman–Crippen MR) is 90.7 cm³/mol. The van der Waals surface area contributed by atoms with Crippen molar-refractivity contribution < 1.29 is 9.84 Å².